The van der Waals surface area contributed by atoms with E-state index in [4.69, 9.17) is 16.9 Å². The van der Waals surface area contributed by atoms with E-state index >= 15 is 0 Å². The van der Waals surface area contributed by atoms with E-state index in [-0.39, 0.29) is 6.03 Å². The van der Waals surface area contributed by atoms with Gasteiger partial charge in [-0.3, -0.25) is 0 Å². The van der Waals surface area contributed by atoms with Gasteiger partial charge in [0.25, 0.3) is 0 Å². The number of nitrogens with zero attached hydrogens (tertiary/aromatic N) is 2. The molecule has 0 aliphatic carbocycles. The average Bonchev–Trinajstić information content (AvgIpc) is 2.68. The monoisotopic (exact) mass is 382 g/mol. The van der Waals surface area contributed by atoms with Crippen molar-refractivity contribution in [1.29, 1.82) is 5.26 Å². The summed E-state index contributed by atoms with van der Waals surface area (Å²) in [4.78, 5) is 14.4. The average molecular weight is 383 g/mol. The van der Waals surface area contributed by atoms with Crippen LogP contribution in [0.25, 0.3) is 0 Å². The molecule has 0 saturated carbocycles. The molecule has 1 fully saturated rings. The number of rotatable bonds is 4. The largest absolute Gasteiger partial charge is 0.371 e. The van der Waals surface area contributed by atoms with Gasteiger partial charge in [-0.1, -0.05) is 29.3 Å². The second-order valence-corrected chi connectivity index (χ2v) is 7.34. The summed E-state index contributed by atoms with van der Waals surface area (Å²) in [6.07, 6.45) is 2.13. The highest BCUT2D eigenvalue weighted by atomic mass is 35.5. The number of aryl methyl sites for hydroxylation is 1. The summed E-state index contributed by atoms with van der Waals surface area (Å²) in [5.41, 5.74) is 3.46. The van der Waals surface area contributed by atoms with Crippen molar-refractivity contribution in [3.05, 3.63) is 58.6 Å². The molecule has 1 atom stereocenters. The lowest BCUT2D eigenvalue weighted by atomic mass is 9.97. The van der Waals surface area contributed by atoms with Crippen LogP contribution in [-0.4, -0.2) is 25.7 Å². The Kier molecular flexibility index (Phi) is 6.20. The van der Waals surface area contributed by atoms with Crippen molar-refractivity contribution in [2.45, 2.75) is 19.8 Å². The van der Waals surface area contributed by atoms with Gasteiger partial charge in [0, 0.05) is 31.0 Å². The molecule has 1 saturated heterocycles. The van der Waals surface area contributed by atoms with Crippen LogP contribution in [0.1, 0.15) is 24.0 Å². The fraction of sp³-hybridized carbons (Fsp3) is 0.333. The summed E-state index contributed by atoms with van der Waals surface area (Å²) in [5, 5.41) is 15.3. The molecule has 5 nitrogen and oxygen atoms in total. The number of urea groups is 1. The summed E-state index contributed by atoms with van der Waals surface area (Å²) in [7, 11) is 0. The van der Waals surface area contributed by atoms with Crippen LogP contribution in [0.2, 0.25) is 5.02 Å². The molecule has 6 heteroatoms. The Morgan fingerprint density at radius 3 is 2.78 bits per heavy atom. The second-order valence-electron chi connectivity index (χ2n) is 6.93. The molecular formula is C21H23ClN4O. The van der Waals surface area contributed by atoms with Crippen LogP contribution in [0.3, 0.4) is 0 Å². The number of hydrogen-bond acceptors (Lipinski definition) is 3. The van der Waals surface area contributed by atoms with Crippen molar-refractivity contribution < 1.29 is 4.79 Å². The maximum Gasteiger partial charge on any atom is 0.319 e. The molecule has 1 aliphatic rings. The zero-order chi connectivity index (χ0) is 19.2. The van der Waals surface area contributed by atoms with E-state index in [1.165, 1.54) is 0 Å². The second kappa shape index (κ2) is 8.79. The summed E-state index contributed by atoms with van der Waals surface area (Å²) >= 11 is 6.16. The van der Waals surface area contributed by atoms with Gasteiger partial charge < -0.3 is 15.5 Å². The van der Waals surface area contributed by atoms with E-state index in [9.17, 15) is 4.79 Å². The molecule has 1 unspecified atom stereocenters. The maximum atomic E-state index is 12.1. The van der Waals surface area contributed by atoms with Crippen molar-refractivity contribution in [3.8, 4) is 6.07 Å². The molecule has 27 heavy (non-hydrogen) atoms. The molecule has 1 aliphatic heterocycles. The highest BCUT2D eigenvalue weighted by molar-refractivity contribution is 6.32. The number of benzene rings is 2. The van der Waals surface area contributed by atoms with Gasteiger partial charge in [0.1, 0.15) is 6.07 Å². The van der Waals surface area contributed by atoms with E-state index in [2.05, 4.69) is 21.6 Å². The zero-order valence-electron chi connectivity index (χ0n) is 15.3. The van der Waals surface area contributed by atoms with Crippen molar-refractivity contribution >= 4 is 29.0 Å². The SMILES string of the molecule is Cc1ccc(NC(=O)NCC2CCCN(c3ccc(C#N)c(Cl)c3)C2)cc1. The van der Waals surface area contributed by atoms with E-state index in [0.29, 0.717) is 23.0 Å². The summed E-state index contributed by atoms with van der Waals surface area (Å²) in [6.45, 7) is 4.44. The zero-order valence-corrected chi connectivity index (χ0v) is 16.1. The van der Waals surface area contributed by atoms with Gasteiger partial charge in [-0.05, 0) is 56.0 Å². The lowest BCUT2D eigenvalue weighted by Crippen LogP contribution is -2.42. The molecule has 2 amide bonds. The third-order valence-corrected chi connectivity index (χ3v) is 5.13. The minimum absolute atomic E-state index is 0.183. The number of halogens is 1. The summed E-state index contributed by atoms with van der Waals surface area (Å²) < 4.78 is 0. The van der Waals surface area contributed by atoms with E-state index in [1.807, 2.05) is 43.3 Å². The van der Waals surface area contributed by atoms with Crippen molar-refractivity contribution in [3.63, 3.8) is 0 Å². The number of hydrogen-bond donors (Lipinski definition) is 2. The molecule has 0 spiro atoms. The number of anilines is 2. The number of nitrogens with one attached hydrogen (secondary N) is 2. The van der Waals surface area contributed by atoms with Crippen LogP contribution in [0.4, 0.5) is 16.2 Å². The Morgan fingerprint density at radius 1 is 1.30 bits per heavy atom. The Morgan fingerprint density at radius 2 is 2.07 bits per heavy atom. The Balaban J connectivity index is 1.52. The van der Waals surface area contributed by atoms with Crippen LogP contribution in [0.15, 0.2) is 42.5 Å². The van der Waals surface area contributed by atoms with Gasteiger partial charge in [-0.25, -0.2) is 4.79 Å². The topological polar surface area (TPSA) is 68.2 Å². The third-order valence-electron chi connectivity index (χ3n) is 4.82. The smallest absolute Gasteiger partial charge is 0.319 e. The standard InChI is InChI=1S/C21H23ClN4O/c1-15-4-7-18(8-5-15)25-21(27)24-13-16-3-2-10-26(14-16)19-9-6-17(12-23)20(22)11-19/h4-9,11,16H,2-3,10,13-14H2,1H3,(H2,24,25,27). The van der Waals surface area contributed by atoms with E-state index < -0.39 is 0 Å². The van der Waals surface area contributed by atoms with E-state index in [0.717, 1.165) is 42.9 Å². The molecule has 0 aromatic heterocycles. The summed E-state index contributed by atoms with van der Waals surface area (Å²) in [5.74, 6) is 0.372. The fourth-order valence-corrected chi connectivity index (χ4v) is 3.52. The van der Waals surface area contributed by atoms with Crippen molar-refractivity contribution in [1.82, 2.24) is 5.32 Å². The minimum atomic E-state index is -0.183. The highest BCUT2D eigenvalue weighted by Gasteiger charge is 2.21. The van der Waals surface area contributed by atoms with Gasteiger partial charge >= 0.3 is 6.03 Å². The Hall–Kier alpha value is -2.71. The molecule has 0 radical (unpaired) electrons. The Labute approximate surface area is 164 Å². The third kappa shape index (κ3) is 5.15. The highest BCUT2D eigenvalue weighted by Crippen LogP contribution is 2.27. The summed E-state index contributed by atoms with van der Waals surface area (Å²) in [6, 6.07) is 15.2. The van der Waals surface area contributed by atoms with E-state index in [1.54, 1.807) is 6.07 Å². The van der Waals surface area contributed by atoms with Crippen LogP contribution in [0, 0.1) is 24.2 Å². The van der Waals surface area contributed by atoms with Gasteiger partial charge in [0.15, 0.2) is 0 Å². The first-order valence-corrected chi connectivity index (χ1v) is 9.49. The van der Waals surface area contributed by atoms with Crippen LogP contribution in [0.5, 0.6) is 0 Å². The molecular weight excluding hydrogens is 360 g/mol. The van der Waals surface area contributed by atoms with Gasteiger partial charge in [0.2, 0.25) is 0 Å². The Bertz CT molecular complexity index is 844. The van der Waals surface area contributed by atoms with Crippen molar-refractivity contribution in [2.75, 3.05) is 29.9 Å². The molecule has 140 valence electrons. The van der Waals surface area contributed by atoms with Gasteiger partial charge in [-0.15, -0.1) is 0 Å². The first kappa shape index (κ1) is 19.1. The quantitative estimate of drug-likeness (QED) is 0.814. The normalized spacial score (nSPS) is 16.5. The molecule has 2 aromatic carbocycles. The minimum Gasteiger partial charge on any atom is -0.371 e. The predicted octanol–water partition coefficient (Wildman–Crippen LogP) is 4.56. The lowest BCUT2D eigenvalue weighted by Gasteiger charge is -2.34. The predicted molar refractivity (Wildman–Crippen MR) is 109 cm³/mol. The number of carbonyl (C=O) groups is 1. The van der Waals surface area contributed by atoms with Gasteiger partial charge in [0.05, 0.1) is 10.6 Å². The van der Waals surface area contributed by atoms with Crippen LogP contribution >= 0.6 is 11.6 Å². The van der Waals surface area contributed by atoms with Gasteiger partial charge in [-0.2, -0.15) is 5.26 Å². The first-order chi connectivity index (χ1) is 13.0. The number of amides is 2. The van der Waals surface area contributed by atoms with Crippen molar-refractivity contribution in [2.24, 2.45) is 5.92 Å². The van der Waals surface area contributed by atoms with Crippen LogP contribution in [-0.2, 0) is 0 Å². The van der Waals surface area contributed by atoms with Crippen LogP contribution < -0.4 is 15.5 Å². The fourth-order valence-electron chi connectivity index (χ4n) is 3.31. The first-order valence-electron chi connectivity index (χ1n) is 9.11. The number of carbonyl (C=O) groups excluding carboxylic acids is 1. The molecule has 2 N–H and O–H groups in total. The molecule has 1 heterocycles. The molecule has 2 aromatic rings. The molecule has 3 rings (SSSR count). The number of piperidine rings is 1. The number of nitriles is 1. The maximum absolute atomic E-state index is 12.1. The lowest BCUT2D eigenvalue weighted by molar-refractivity contribution is 0.249. The molecule has 0 bridgehead atoms.